The molecule has 2 aromatic carbocycles. The van der Waals surface area contributed by atoms with Gasteiger partial charge >= 0.3 is 0 Å². The van der Waals surface area contributed by atoms with E-state index in [0.717, 1.165) is 17.2 Å². The molecule has 0 amide bonds. The maximum atomic E-state index is 5.95. The largest absolute Gasteiger partial charge is 0.486 e. The third-order valence-corrected chi connectivity index (χ3v) is 3.81. The quantitative estimate of drug-likeness (QED) is 0.675. The van der Waals surface area contributed by atoms with Crippen molar-refractivity contribution in [2.24, 2.45) is 10.7 Å². The lowest BCUT2D eigenvalue weighted by Crippen LogP contribution is -2.33. The highest BCUT2D eigenvalue weighted by Crippen LogP contribution is 2.30. The van der Waals surface area contributed by atoms with E-state index in [0.29, 0.717) is 19.1 Å². The summed E-state index contributed by atoms with van der Waals surface area (Å²) in [6.45, 7) is 5.06. The zero-order chi connectivity index (χ0) is 16.2. The molecule has 0 saturated heterocycles. The summed E-state index contributed by atoms with van der Waals surface area (Å²) in [4.78, 5) is 4.35. The van der Waals surface area contributed by atoms with Crippen LogP contribution >= 0.6 is 0 Å². The molecule has 0 radical (unpaired) electrons. The molecule has 2 aromatic rings. The maximum absolute atomic E-state index is 5.95. The molecule has 5 nitrogen and oxygen atoms in total. The van der Waals surface area contributed by atoms with Crippen molar-refractivity contribution < 1.29 is 9.47 Å². The summed E-state index contributed by atoms with van der Waals surface area (Å²) in [6, 6.07) is 13.7. The number of hydrogen-bond donors (Lipinski definition) is 2. The maximum Gasteiger partial charge on any atom is 0.193 e. The number of aliphatic imine (C=N–C) groups is 1. The number of para-hydroxylation sites is 2. The smallest absolute Gasteiger partial charge is 0.193 e. The van der Waals surface area contributed by atoms with E-state index < -0.39 is 0 Å². The topological polar surface area (TPSA) is 68.9 Å². The molecule has 0 spiro atoms. The lowest BCUT2D eigenvalue weighted by atomic mass is 10.1. The number of guanidine groups is 1. The Balaban J connectivity index is 1.58. The van der Waals surface area contributed by atoms with Crippen molar-refractivity contribution in [3.63, 3.8) is 0 Å². The molecule has 1 unspecified atom stereocenters. The summed E-state index contributed by atoms with van der Waals surface area (Å²) in [5, 5.41) is 3.10. The average Bonchev–Trinajstić information content (AvgIpc) is 2.56. The Morgan fingerprint density at radius 2 is 1.96 bits per heavy atom. The van der Waals surface area contributed by atoms with Gasteiger partial charge in [0.05, 0.1) is 6.54 Å². The minimum Gasteiger partial charge on any atom is -0.486 e. The van der Waals surface area contributed by atoms with Crippen LogP contribution in [0.4, 0.5) is 5.69 Å². The van der Waals surface area contributed by atoms with Crippen LogP contribution in [0.1, 0.15) is 11.1 Å². The SMILES string of the molecule is Cc1ccc(NC(N)=NCC2COc3ccccc3O2)cc1C. The van der Waals surface area contributed by atoms with E-state index >= 15 is 0 Å². The van der Waals surface area contributed by atoms with Crippen LogP contribution in [0.5, 0.6) is 11.5 Å². The Morgan fingerprint density at radius 1 is 1.17 bits per heavy atom. The van der Waals surface area contributed by atoms with Gasteiger partial charge in [-0.2, -0.15) is 0 Å². The molecule has 120 valence electrons. The fraction of sp³-hybridized carbons (Fsp3) is 0.278. The molecule has 0 aliphatic carbocycles. The van der Waals surface area contributed by atoms with Gasteiger partial charge in [-0.1, -0.05) is 18.2 Å². The molecule has 1 aliphatic rings. The van der Waals surface area contributed by atoms with Crippen LogP contribution in [0.15, 0.2) is 47.5 Å². The van der Waals surface area contributed by atoms with Crippen molar-refractivity contribution in [2.75, 3.05) is 18.5 Å². The molecule has 0 bridgehead atoms. The Labute approximate surface area is 136 Å². The standard InChI is InChI=1S/C18H21N3O2/c1-12-7-8-14(9-13(12)2)21-18(19)20-10-15-11-22-16-5-3-4-6-17(16)23-15/h3-9,15H,10-11H2,1-2H3,(H3,19,20,21). The van der Waals surface area contributed by atoms with Crippen molar-refractivity contribution in [1.29, 1.82) is 0 Å². The molecule has 23 heavy (non-hydrogen) atoms. The fourth-order valence-electron chi connectivity index (χ4n) is 2.36. The van der Waals surface area contributed by atoms with E-state index in [1.165, 1.54) is 11.1 Å². The fourth-order valence-corrected chi connectivity index (χ4v) is 2.36. The number of fused-ring (bicyclic) bond motifs is 1. The Kier molecular flexibility index (Phi) is 4.37. The van der Waals surface area contributed by atoms with Gasteiger partial charge in [0.25, 0.3) is 0 Å². The van der Waals surface area contributed by atoms with Gasteiger partial charge in [-0.25, -0.2) is 4.99 Å². The first kappa shape index (κ1) is 15.2. The second-order valence-corrected chi connectivity index (χ2v) is 5.65. The van der Waals surface area contributed by atoms with Gasteiger partial charge in [0.15, 0.2) is 23.6 Å². The van der Waals surface area contributed by atoms with E-state index in [4.69, 9.17) is 15.2 Å². The molecule has 5 heteroatoms. The van der Waals surface area contributed by atoms with Crippen LogP contribution in [0, 0.1) is 13.8 Å². The van der Waals surface area contributed by atoms with Crippen molar-refractivity contribution in [3.05, 3.63) is 53.6 Å². The highest BCUT2D eigenvalue weighted by Gasteiger charge is 2.20. The Hall–Kier alpha value is -2.69. The van der Waals surface area contributed by atoms with Crippen LogP contribution < -0.4 is 20.5 Å². The second-order valence-electron chi connectivity index (χ2n) is 5.65. The minimum atomic E-state index is -0.134. The molecule has 1 aliphatic heterocycles. The number of nitrogens with one attached hydrogen (secondary N) is 1. The molecular weight excluding hydrogens is 290 g/mol. The van der Waals surface area contributed by atoms with Gasteiger partial charge in [0.2, 0.25) is 0 Å². The van der Waals surface area contributed by atoms with Gasteiger partial charge < -0.3 is 20.5 Å². The van der Waals surface area contributed by atoms with Crippen molar-refractivity contribution in [3.8, 4) is 11.5 Å². The average molecular weight is 311 g/mol. The summed E-state index contributed by atoms with van der Waals surface area (Å²) in [7, 11) is 0. The predicted molar refractivity (Wildman–Crippen MR) is 92.4 cm³/mol. The second kappa shape index (κ2) is 6.60. The zero-order valence-corrected chi connectivity index (χ0v) is 13.4. The lowest BCUT2D eigenvalue weighted by Gasteiger charge is -2.25. The third-order valence-electron chi connectivity index (χ3n) is 3.81. The van der Waals surface area contributed by atoms with E-state index in [1.54, 1.807) is 0 Å². The molecule has 0 aromatic heterocycles. The molecule has 3 rings (SSSR count). The molecule has 1 heterocycles. The van der Waals surface area contributed by atoms with Gasteiger partial charge in [-0.3, -0.25) is 0 Å². The molecule has 0 fully saturated rings. The lowest BCUT2D eigenvalue weighted by molar-refractivity contribution is 0.0972. The van der Waals surface area contributed by atoms with Crippen LogP contribution in [0.2, 0.25) is 0 Å². The van der Waals surface area contributed by atoms with Crippen LogP contribution in [0.25, 0.3) is 0 Å². The summed E-state index contributed by atoms with van der Waals surface area (Å²) in [5.41, 5.74) is 9.34. The zero-order valence-electron chi connectivity index (χ0n) is 13.4. The summed E-state index contributed by atoms with van der Waals surface area (Å²) < 4.78 is 11.5. The Morgan fingerprint density at radius 3 is 2.74 bits per heavy atom. The Bertz CT molecular complexity index is 728. The van der Waals surface area contributed by atoms with Gasteiger partial charge in [0, 0.05) is 5.69 Å². The highest BCUT2D eigenvalue weighted by atomic mass is 16.6. The predicted octanol–water partition coefficient (Wildman–Crippen LogP) is 2.87. The number of anilines is 1. The summed E-state index contributed by atoms with van der Waals surface area (Å²) in [6.07, 6.45) is -0.134. The highest BCUT2D eigenvalue weighted by molar-refractivity contribution is 5.92. The minimum absolute atomic E-state index is 0.134. The van der Waals surface area contributed by atoms with Gasteiger partial charge in [-0.15, -0.1) is 0 Å². The van der Waals surface area contributed by atoms with Crippen LogP contribution in [-0.2, 0) is 0 Å². The van der Waals surface area contributed by atoms with E-state index in [-0.39, 0.29) is 6.10 Å². The number of benzene rings is 2. The number of ether oxygens (including phenoxy) is 2. The molecule has 3 N–H and O–H groups in total. The number of hydrogen-bond acceptors (Lipinski definition) is 3. The van der Waals surface area contributed by atoms with E-state index in [1.807, 2.05) is 36.4 Å². The normalized spacial score (nSPS) is 17.0. The number of nitrogens with zero attached hydrogens (tertiary/aromatic N) is 1. The van der Waals surface area contributed by atoms with Crippen molar-refractivity contribution in [2.45, 2.75) is 20.0 Å². The summed E-state index contributed by atoms with van der Waals surface area (Å²) >= 11 is 0. The first-order chi connectivity index (χ1) is 11.1. The molecular formula is C18H21N3O2. The first-order valence-corrected chi connectivity index (χ1v) is 7.64. The number of rotatable bonds is 3. The number of aryl methyl sites for hydroxylation is 2. The van der Waals surface area contributed by atoms with Crippen LogP contribution in [0.3, 0.4) is 0 Å². The third kappa shape index (κ3) is 3.74. The monoisotopic (exact) mass is 311 g/mol. The molecule has 1 atom stereocenters. The molecule has 0 saturated carbocycles. The summed E-state index contributed by atoms with van der Waals surface area (Å²) in [5.74, 6) is 1.89. The van der Waals surface area contributed by atoms with Crippen molar-refractivity contribution >= 4 is 11.6 Å². The van der Waals surface area contributed by atoms with Crippen LogP contribution in [-0.4, -0.2) is 25.2 Å². The van der Waals surface area contributed by atoms with E-state index in [9.17, 15) is 0 Å². The van der Waals surface area contributed by atoms with E-state index in [2.05, 4.69) is 30.2 Å². The van der Waals surface area contributed by atoms with Crippen molar-refractivity contribution in [1.82, 2.24) is 0 Å². The van der Waals surface area contributed by atoms with Gasteiger partial charge in [-0.05, 0) is 49.2 Å². The number of nitrogens with two attached hydrogens (primary N) is 1. The van der Waals surface area contributed by atoms with Gasteiger partial charge in [0.1, 0.15) is 6.61 Å². The first-order valence-electron chi connectivity index (χ1n) is 7.64.